The van der Waals surface area contributed by atoms with E-state index in [0.717, 1.165) is 59.2 Å². The van der Waals surface area contributed by atoms with Crippen LogP contribution in [0.4, 0.5) is 0 Å². The van der Waals surface area contributed by atoms with Crippen LogP contribution in [0, 0.1) is 77.4 Å². The van der Waals surface area contributed by atoms with E-state index in [-0.39, 0.29) is 107 Å². The molecule has 3 atom stereocenters. The molecule has 0 aromatic rings. The maximum absolute atomic E-state index is 3.64. The van der Waals surface area contributed by atoms with Gasteiger partial charge in [-0.25, -0.2) is 0 Å². The van der Waals surface area contributed by atoms with Crippen molar-refractivity contribution in [1.82, 2.24) is 0 Å². The van der Waals surface area contributed by atoms with E-state index < -0.39 is 0 Å². The van der Waals surface area contributed by atoms with Crippen LogP contribution in [-0.4, -0.2) is 0 Å². The van der Waals surface area contributed by atoms with E-state index in [1.165, 1.54) is 51.4 Å². The van der Waals surface area contributed by atoms with Gasteiger partial charge < -0.3 is 6.92 Å². The van der Waals surface area contributed by atoms with Gasteiger partial charge >= 0.3 is 0 Å². The Hall–Kier alpha value is 1.10. The van der Waals surface area contributed by atoms with E-state index in [1.807, 2.05) is 96.9 Å². The van der Waals surface area contributed by atoms with Crippen LogP contribution in [0.1, 0.15) is 403 Å². The first kappa shape index (κ1) is 164. The predicted molar refractivity (Wildman–Crippen MR) is 377 cm³/mol. The zero-order chi connectivity index (χ0) is 53.5. The maximum Gasteiger partial charge on any atom is 0 e. The Morgan fingerprint density at radius 3 is 0.472 bits per heavy atom. The van der Waals surface area contributed by atoms with E-state index in [2.05, 4.69) is 187 Å². The molecule has 0 amide bonds. The van der Waals surface area contributed by atoms with Gasteiger partial charge in [-0.2, -0.15) is 5.92 Å². The predicted octanol–water partition coefficient (Wildman–Crippen LogP) is 31.7. The SMILES string of the molecule is C.C.C.C.C.C.C.C.C.C.CC.CC.CC.CC.CC.CC.CC.CC(C)C(C(C)C)(C(C)C)C(C)C.CC(C)[C@H](C)C[C@H](C)C(C)C.CCC.CCC.CCCCC.CCC[C@H](C)C(C)C.[CH2-]C(C)C.[Y]. The van der Waals surface area contributed by atoms with Gasteiger partial charge in [-0.1, -0.05) is 396 Å². The molecule has 1 radical (unpaired) electrons. The van der Waals surface area contributed by atoms with Crippen molar-refractivity contribution >= 4 is 0 Å². The number of unbranched alkanes of at least 4 members (excludes halogenated alkanes) is 2. The Kier molecular flexibility index (Phi) is 359. The molecule has 0 saturated heterocycles. The molecule has 0 spiro atoms. The monoisotopic (exact) mass is 1130 g/mol. The average molecular weight is 1130 g/mol. The topological polar surface area (TPSA) is 0 Å². The molecule has 0 nitrogen and oxygen atoms in total. The molecule has 0 aliphatic rings. The number of rotatable bonds is 13. The molecular formula is C71H189Y-. The molecule has 0 aliphatic carbocycles. The first-order valence-corrected chi connectivity index (χ1v) is 28.2. The van der Waals surface area contributed by atoms with Crippen molar-refractivity contribution in [2.75, 3.05) is 0 Å². The van der Waals surface area contributed by atoms with Crippen LogP contribution < -0.4 is 0 Å². The standard InChI is InChI=1S/C13H28.C11H24.C8H18.C5H12.C4H9.2C3H8.7C2H6.10CH4.Y/c1-9(2)13(10(3)4,11(5)6)12(7)8;1-8(2)10(5)7-11(6)9(3)4;1-5-6-8(4)7(2)3;1-3-5-4-2;1-4(2)3;2*1-3-2;7*1-2;;;;;;;;;;;/h9-12H,1-8H3;8-11H,7H2,1-6H3;7-8H,5-6H2,1-4H3;3-5H2,1-2H3;4H,1H2,2-3H3;2*3H2,1-2H3;7*1-2H3;10*1H4;/q;;;;-1;;;;;;;;;;;;;;;;;;;;/t;10-,11+;8-;;;;;;;;;;;;;;;;;;;;;;/m..0....................../s1. The molecule has 72 heavy (non-hydrogen) atoms. The minimum atomic E-state index is 0. The van der Waals surface area contributed by atoms with Crippen LogP contribution in [0.5, 0.6) is 0 Å². The van der Waals surface area contributed by atoms with Crippen LogP contribution in [0.25, 0.3) is 0 Å². The van der Waals surface area contributed by atoms with Gasteiger partial charge in [-0.05, 0) is 71.0 Å². The van der Waals surface area contributed by atoms with Gasteiger partial charge in [-0.3, -0.25) is 0 Å². The van der Waals surface area contributed by atoms with Crippen molar-refractivity contribution in [3.8, 4) is 0 Å². The van der Waals surface area contributed by atoms with E-state index in [9.17, 15) is 0 Å². The number of hydrogen-bond acceptors (Lipinski definition) is 0. The second-order valence-corrected chi connectivity index (χ2v) is 17.5. The molecule has 0 saturated carbocycles. The zero-order valence-corrected chi connectivity index (χ0v) is 56.6. The first-order valence-electron chi connectivity index (χ1n) is 28.2. The minimum Gasteiger partial charge on any atom is -0.341 e. The Balaban J connectivity index is -0.0000000151. The van der Waals surface area contributed by atoms with Gasteiger partial charge in [-0.15, -0.1) is 0 Å². The summed E-state index contributed by atoms with van der Waals surface area (Å²) >= 11 is 0. The van der Waals surface area contributed by atoms with E-state index in [1.54, 1.807) is 0 Å². The van der Waals surface area contributed by atoms with Crippen molar-refractivity contribution < 1.29 is 32.7 Å². The summed E-state index contributed by atoms with van der Waals surface area (Å²) in [5.41, 5.74) is 0.500. The van der Waals surface area contributed by atoms with Crippen molar-refractivity contribution in [3.05, 3.63) is 6.92 Å². The molecule has 0 fully saturated rings. The Morgan fingerprint density at radius 2 is 0.431 bits per heavy atom. The van der Waals surface area contributed by atoms with Crippen molar-refractivity contribution in [2.45, 2.75) is 403 Å². The average Bonchev–Trinajstić information content (AvgIpc) is 3.21. The molecule has 0 heterocycles. The molecule has 0 N–H and O–H groups in total. The fraction of sp³-hybridized carbons (Fsp3) is 0.986. The first-order chi connectivity index (χ1) is 28.4. The Labute approximate surface area is 509 Å². The van der Waals surface area contributed by atoms with Crippen molar-refractivity contribution in [2.24, 2.45) is 70.5 Å². The summed E-state index contributed by atoms with van der Waals surface area (Å²) < 4.78 is 0. The maximum atomic E-state index is 3.64. The molecule has 0 rings (SSSR count). The van der Waals surface area contributed by atoms with Gasteiger partial charge in [0.1, 0.15) is 0 Å². The molecule has 0 unspecified atom stereocenters. The van der Waals surface area contributed by atoms with Gasteiger partial charge in [0.15, 0.2) is 0 Å². The van der Waals surface area contributed by atoms with Crippen LogP contribution in [0.3, 0.4) is 0 Å². The second kappa shape index (κ2) is 158. The van der Waals surface area contributed by atoms with Gasteiger partial charge in [0.2, 0.25) is 0 Å². The normalized spacial score (nSPS) is 8.96. The third kappa shape index (κ3) is 164. The minimum absolute atomic E-state index is 0. The van der Waals surface area contributed by atoms with Gasteiger partial charge in [0.05, 0.1) is 0 Å². The van der Waals surface area contributed by atoms with Gasteiger partial charge in [0.25, 0.3) is 0 Å². The van der Waals surface area contributed by atoms with Gasteiger partial charge in [0, 0.05) is 32.7 Å². The molecule has 0 aromatic heterocycles. The fourth-order valence-corrected chi connectivity index (χ4v) is 6.27. The van der Waals surface area contributed by atoms with E-state index in [0.29, 0.717) is 11.3 Å². The third-order valence-corrected chi connectivity index (χ3v) is 9.61. The Morgan fingerprint density at radius 1 is 0.292 bits per heavy atom. The molecule has 1 heteroatoms. The summed E-state index contributed by atoms with van der Waals surface area (Å²) in [5, 5.41) is 0. The van der Waals surface area contributed by atoms with E-state index >= 15 is 0 Å². The summed E-state index contributed by atoms with van der Waals surface area (Å²) in [6.07, 6.45) is 10.7. The Bertz CT molecular complexity index is 455. The summed E-state index contributed by atoms with van der Waals surface area (Å²) in [7, 11) is 0. The molecule has 0 bridgehead atoms. The molecule has 477 valence electrons. The molecule has 0 aromatic carbocycles. The van der Waals surface area contributed by atoms with Crippen LogP contribution in [-0.2, 0) is 32.7 Å². The summed E-state index contributed by atoms with van der Waals surface area (Å²) in [6, 6.07) is 0. The fourth-order valence-electron chi connectivity index (χ4n) is 6.27. The molecular weight excluding hydrogens is 942 g/mol. The molecule has 0 aliphatic heterocycles. The summed E-state index contributed by atoms with van der Waals surface area (Å²) in [6.45, 7) is 90.8. The van der Waals surface area contributed by atoms with Crippen LogP contribution in [0.2, 0.25) is 0 Å². The van der Waals surface area contributed by atoms with E-state index in [4.69, 9.17) is 0 Å². The number of hydrogen-bond donors (Lipinski definition) is 0. The van der Waals surface area contributed by atoms with Crippen molar-refractivity contribution in [1.29, 1.82) is 0 Å². The second-order valence-electron chi connectivity index (χ2n) is 17.5. The summed E-state index contributed by atoms with van der Waals surface area (Å²) in [4.78, 5) is 0. The van der Waals surface area contributed by atoms with Crippen LogP contribution >= 0.6 is 0 Å². The van der Waals surface area contributed by atoms with Crippen LogP contribution in [0.15, 0.2) is 0 Å². The zero-order valence-electron chi connectivity index (χ0n) is 53.8. The smallest absolute Gasteiger partial charge is 0 e. The largest absolute Gasteiger partial charge is 0.341 e. The van der Waals surface area contributed by atoms with Crippen molar-refractivity contribution in [3.63, 3.8) is 0 Å². The third-order valence-electron chi connectivity index (χ3n) is 9.61. The summed E-state index contributed by atoms with van der Waals surface area (Å²) in [5.74, 6) is 8.90. The quantitative estimate of drug-likeness (QED) is 0.161.